The van der Waals surface area contributed by atoms with Crippen molar-refractivity contribution in [3.8, 4) is 22.3 Å². The fourth-order valence-electron chi connectivity index (χ4n) is 15.9. The molecule has 0 heterocycles. The molecule has 0 spiro atoms. The molecule has 2 aliphatic carbocycles. The number of fused-ring (bicyclic) bond motifs is 6. The molecule has 86 heavy (non-hydrogen) atoms. The number of anilines is 6. The maximum absolute atomic E-state index is 2.55. The molecule has 0 saturated heterocycles. The highest BCUT2D eigenvalue weighted by Gasteiger charge is 2.48. The van der Waals surface area contributed by atoms with Crippen molar-refractivity contribution in [1.82, 2.24) is 0 Å². The van der Waals surface area contributed by atoms with Crippen LogP contribution in [0.1, 0.15) is 77.9 Å². The zero-order valence-corrected chi connectivity index (χ0v) is 49.5. The number of rotatable bonds is 10. The first kappa shape index (κ1) is 51.4. The molecular weight excluding hydrogens is 1040 g/mol. The Bertz CT molecular complexity index is 4570. The Balaban J connectivity index is 0.897. The molecule has 0 aliphatic heterocycles. The Labute approximate surface area is 504 Å². The molecule has 0 unspecified atom stereocenters. The summed E-state index contributed by atoms with van der Waals surface area (Å²) in [5.74, 6) is 0. The van der Waals surface area contributed by atoms with Crippen LogP contribution in [0.15, 0.2) is 279 Å². The fraction of sp³-hybridized carbons (Fsp3) is 0.0952. The highest BCUT2D eigenvalue weighted by molar-refractivity contribution is 6.28. The minimum absolute atomic E-state index is 0.508. The molecule has 14 aromatic carbocycles. The summed E-state index contributed by atoms with van der Waals surface area (Å²) in [5.41, 5.74) is 28.8. The van der Waals surface area contributed by atoms with E-state index in [9.17, 15) is 0 Å². The Morgan fingerprint density at radius 2 is 0.570 bits per heavy atom. The van der Waals surface area contributed by atoms with E-state index in [1.807, 2.05) is 0 Å². The minimum Gasteiger partial charge on any atom is -0.309 e. The Morgan fingerprint density at radius 1 is 0.256 bits per heavy atom. The van der Waals surface area contributed by atoms with Crippen molar-refractivity contribution in [2.24, 2.45) is 0 Å². The van der Waals surface area contributed by atoms with Crippen LogP contribution in [0.25, 0.3) is 54.6 Å². The maximum atomic E-state index is 2.55. The van der Waals surface area contributed by atoms with Gasteiger partial charge in [0.05, 0.1) is 33.6 Å². The summed E-state index contributed by atoms with van der Waals surface area (Å²) in [6.45, 7) is 13.7. The summed E-state index contributed by atoms with van der Waals surface area (Å²) in [6, 6.07) is 106. The van der Waals surface area contributed by atoms with Gasteiger partial charge in [0.2, 0.25) is 0 Å². The van der Waals surface area contributed by atoms with Crippen molar-refractivity contribution in [2.75, 3.05) is 9.80 Å². The molecule has 0 atom stereocenters. The summed E-state index contributed by atoms with van der Waals surface area (Å²) in [4.78, 5) is 5.10. The third-order valence-electron chi connectivity index (χ3n) is 19.2. The van der Waals surface area contributed by atoms with Crippen LogP contribution in [0.5, 0.6) is 0 Å². The van der Waals surface area contributed by atoms with Crippen molar-refractivity contribution in [2.45, 2.75) is 52.4 Å². The Hall–Kier alpha value is -10.3. The van der Waals surface area contributed by atoms with E-state index in [2.05, 4.69) is 330 Å². The topological polar surface area (TPSA) is 6.48 Å². The second-order valence-electron chi connectivity index (χ2n) is 24.3. The molecule has 0 amide bonds. The lowest BCUT2D eigenvalue weighted by atomic mass is 9.67. The van der Waals surface area contributed by atoms with Gasteiger partial charge in [-0.2, -0.15) is 0 Å². The van der Waals surface area contributed by atoms with Gasteiger partial charge < -0.3 is 9.80 Å². The Kier molecular flexibility index (Phi) is 11.7. The van der Waals surface area contributed by atoms with Gasteiger partial charge in [-0.15, -0.1) is 0 Å². The first-order valence-electron chi connectivity index (χ1n) is 30.3. The van der Waals surface area contributed by atoms with E-state index in [4.69, 9.17) is 0 Å². The molecule has 2 heteroatoms. The smallest absolute Gasteiger partial charge is 0.0713 e. The molecule has 0 N–H and O–H groups in total. The summed E-state index contributed by atoms with van der Waals surface area (Å²) in [5, 5.41) is 7.40. The highest BCUT2D eigenvalue weighted by atomic mass is 15.2. The lowest BCUT2D eigenvalue weighted by molar-refractivity contribution is 0.766. The number of hydrogen-bond acceptors (Lipinski definition) is 2. The first-order chi connectivity index (χ1) is 42.1. The van der Waals surface area contributed by atoms with Gasteiger partial charge in [-0.05, 0) is 200 Å². The zero-order valence-electron chi connectivity index (χ0n) is 49.5. The molecule has 2 nitrogen and oxygen atoms in total. The second-order valence-corrected chi connectivity index (χ2v) is 24.3. The molecule has 16 rings (SSSR count). The lowest BCUT2D eigenvalue weighted by Gasteiger charge is -2.36. The van der Waals surface area contributed by atoms with Gasteiger partial charge in [-0.1, -0.05) is 243 Å². The second kappa shape index (κ2) is 19.7. The fourth-order valence-corrected chi connectivity index (χ4v) is 15.9. The van der Waals surface area contributed by atoms with Crippen molar-refractivity contribution in [3.05, 3.63) is 357 Å². The molecule has 0 aromatic heterocycles. The molecule has 410 valence electrons. The van der Waals surface area contributed by atoms with E-state index in [1.165, 1.54) is 144 Å². The summed E-state index contributed by atoms with van der Waals surface area (Å²) in [6.07, 6.45) is 0. The number of aryl methyl sites for hydroxylation is 6. The number of nitrogens with zero attached hydrogens (tertiary/aromatic N) is 2. The van der Waals surface area contributed by atoms with Gasteiger partial charge in [0.25, 0.3) is 0 Å². The zero-order chi connectivity index (χ0) is 58.0. The minimum atomic E-state index is -0.508. The molecule has 0 fully saturated rings. The normalized spacial score (nSPS) is 13.4. The standard InChI is InChI=1S/C84H64N2/c1-53-23-21-29-65(47-53)85(81-55(3)49-63(50-56(81)4)83(61-25-9-7-10-26-61)73-35-17-13-31-67(73)68-32-14-18-36-74(68)83)77-45-41-59-40-44-72-78(46-42-60-39-43-71(77)79(59)80(60)72)86(66-30-22-24-54(2)48-66)82-57(5)51-64(52-58(82)6)84(62-27-11-8-12-28-62)75-37-19-15-33-69(75)70-34-16-20-38-76(70)84/h7-52H,1-6H3. The molecule has 0 radical (unpaired) electrons. The molecule has 14 aromatic rings. The van der Waals surface area contributed by atoms with E-state index in [0.29, 0.717) is 0 Å². The predicted molar refractivity (Wildman–Crippen MR) is 363 cm³/mol. The lowest BCUT2D eigenvalue weighted by Crippen LogP contribution is -2.29. The summed E-state index contributed by atoms with van der Waals surface area (Å²) < 4.78 is 0. The van der Waals surface area contributed by atoms with E-state index >= 15 is 0 Å². The highest BCUT2D eigenvalue weighted by Crippen LogP contribution is 2.60. The third kappa shape index (κ3) is 7.39. The van der Waals surface area contributed by atoms with E-state index in [1.54, 1.807) is 0 Å². The van der Waals surface area contributed by atoms with Crippen LogP contribution in [-0.4, -0.2) is 0 Å². The van der Waals surface area contributed by atoms with Crippen molar-refractivity contribution in [3.63, 3.8) is 0 Å². The van der Waals surface area contributed by atoms with Crippen molar-refractivity contribution >= 4 is 66.4 Å². The maximum Gasteiger partial charge on any atom is 0.0713 e. The van der Waals surface area contributed by atoms with Gasteiger partial charge in [0.15, 0.2) is 0 Å². The van der Waals surface area contributed by atoms with E-state index < -0.39 is 10.8 Å². The van der Waals surface area contributed by atoms with Crippen LogP contribution in [-0.2, 0) is 10.8 Å². The van der Waals surface area contributed by atoms with Crippen molar-refractivity contribution < 1.29 is 0 Å². The molecule has 0 bridgehead atoms. The van der Waals surface area contributed by atoms with Gasteiger partial charge in [0.1, 0.15) is 0 Å². The number of benzene rings is 14. The van der Waals surface area contributed by atoms with Gasteiger partial charge >= 0.3 is 0 Å². The van der Waals surface area contributed by atoms with Crippen LogP contribution in [0.2, 0.25) is 0 Å². The average Bonchev–Trinajstić information content (AvgIpc) is 1.52. The average molecular weight is 1100 g/mol. The monoisotopic (exact) mass is 1100 g/mol. The summed E-state index contributed by atoms with van der Waals surface area (Å²) in [7, 11) is 0. The number of hydrogen-bond donors (Lipinski definition) is 0. The van der Waals surface area contributed by atoms with Gasteiger partial charge in [0, 0.05) is 22.1 Å². The van der Waals surface area contributed by atoms with Gasteiger partial charge in [-0.25, -0.2) is 0 Å². The Morgan fingerprint density at radius 3 is 0.907 bits per heavy atom. The third-order valence-corrected chi connectivity index (χ3v) is 19.2. The summed E-state index contributed by atoms with van der Waals surface area (Å²) >= 11 is 0. The quantitative estimate of drug-likeness (QED) is 0.126. The molecular formula is C84H64N2. The predicted octanol–water partition coefficient (Wildman–Crippen LogP) is 22.1. The first-order valence-corrected chi connectivity index (χ1v) is 30.3. The SMILES string of the molecule is Cc1cccc(N(c2c(C)cc(C3(c4ccccc4)c4ccccc4-c4ccccc43)cc2C)c2ccc3ccc4c(N(c5cccc(C)c5)c5c(C)cc(C6(c7ccccc7)c7ccccc7-c7ccccc76)cc5C)ccc5ccc2c3c54)c1. The van der Waals surface area contributed by atoms with Gasteiger partial charge in [-0.3, -0.25) is 0 Å². The van der Waals surface area contributed by atoms with Crippen LogP contribution in [0.4, 0.5) is 34.1 Å². The van der Waals surface area contributed by atoms with E-state index in [-0.39, 0.29) is 0 Å². The van der Waals surface area contributed by atoms with Crippen LogP contribution >= 0.6 is 0 Å². The van der Waals surface area contributed by atoms with Crippen LogP contribution in [0.3, 0.4) is 0 Å². The van der Waals surface area contributed by atoms with Crippen molar-refractivity contribution in [1.29, 1.82) is 0 Å². The van der Waals surface area contributed by atoms with E-state index in [0.717, 1.165) is 22.7 Å². The molecule has 0 saturated carbocycles. The van der Waals surface area contributed by atoms with Crippen LogP contribution < -0.4 is 9.80 Å². The molecule has 2 aliphatic rings. The largest absolute Gasteiger partial charge is 0.309 e. The van der Waals surface area contributed by atoms with Crippen LogP contribution in [0, 0.1) is 41.5 Å².